The van der Waals surface area contributed by atoms with Crippen molar-refractivity contribution in [3.8, 4) is 0 Å². The van der Waals surface area contributed by atoms with E-state index < -0.39 is 0 Å². The molecule has 0 aliphatic carbocycles. The largest absolute Gasteiger partial charge is 0.337 e. The second-order valence-electron chi connectivity index (χ2n) is 5.70. The third-order valence-corrected chi connectivity index (χ3v) is 4.88. The number of carbonyl (C=O) groups excluding carboxylic acids is 1. The van der Waals surface area contributed by atoms with Crippen LogP contribution in [0.15, 0.2) is 22.3 Å². The molecule has 1 amide bonds. The summed E-state index contributed by atoms with van der Waals surface area (Å²) in [4.78, 5) is 32.1. The summed E-state index contributed by atoms with van der Waals surface area (Å²) in [5, 5.41) is 5.02. The molecule has 0 spiro atoms. The van der Waals surface area contributed by atoms with Crippen LogP contribution in [0.1, 0.15) is 26.5 Å². The van der Waals surface area contributed by atoms with Crippen LogP contribution in [-0.4, -0.2) is 32.6 Å². The van der Waals surface area contributed by atoms with Crippen LogP contribution in [0.5, 0.6) is 0 Å². The number of aromatic amines is 1. The molecule has 0 radical (unpaired) electrons. The number of hydrogen-bond donors (Lipinski definition) is 1. The average Bonchev–Trinajstić information content (AvgIpc) is 3.02. The SMILES string of the molecule is Cc1cc(C(=O)N(C)Cc2sccc2C)c2c(=O)[nH]n(C)c2n1. The molecular formula is C16H18N4O2S. The van der Waals surface area contributed by atoms with E-state index in [1.807, 2.05) is 25.3 Å². The molecule has 0 fully saturated rings. The zero-order valence-corrected chi connectivity index (χ0v) is 14.3. The third kappa shape index (κ3) is 2.68. The van der Waals surface area contributed by atoms with E-state index >= 15 is 0 Å². The van der Waals surface area contributed by atoms with E-state index in [4.69, 9.17) is 0 Å². The highest BCUT2D eigenvalue weighted by atomic mass is 32.1. The van der Waals surface area contributed by atoms with E-state index in [1.165, 1.54) is 5.56 Å². The van der Waals surface area contributed by atoms with Gasteiger partial charge in [-0.2, -0.15) is 0 Å². The number of H-pyrrole nitrogens is 1. The van der Waals surface area contributed by atoms with Crippen molar-refractivity contribution in [1.82, 2.24) is 19.7 Å². The Balaban J connectivity index is 2.04. The lowest BCUT2D eigenvalue weighted by molar-refractivity contribution is 0.0788. The van der Waals surface area contributed by atoms with Gasteiger partial charge < -0.3 is 4.90 Å². The summed E-state index contributed by atoms with van der Waals surface area (Å²) in [7, 11) is 3.46. The number of aromatic nitrogens is 3. The fourth-order valence-electron chi connectivity index (χ4n) is 2.61. The predicted molar refractivity (Wildman–Crippen MR) is 90.9 cm³/mol. The highest BCUT2D eigenvalue weighted by molar-refractivity contribution is 7.10. The summed E-state index contributed by atoms with van der Waals surface area (Å²) in [6.07, 6.45) is 0. The van der Waals surface area contributed by atoms with Gasteiger partial charge in [0.25, 0.3) is 11.5 Å². The predicted octanol–water partition coefficient (Wildman–Crippen LogP) is 2.21. The van der Waals surface area contributed by atoms with E-state index in [2.05, 4.69) is 10.1 Å². The van der Waals surface area contributed by atoms with Crippen molar-refractivity contribution in [1.29, 1.82) is 0 Å². The van der Waals surface area contributed by atoms with Crippen molar-refractivity contribution in [3.63, 3.8) is 0 Å². The summed E-state index contributed by atoms with van der Waals surface area (Å²) in [6, 6.07) is 3.71. The molecule has 3 aromatic heterocycles. The highest BCUT2D eigenvalue weighted by Crippen LogP contribution is 2.20. The second kappa shape index (κ2) is 5.66. The molecule has 0 aliphatic rings. The number of nitrogens with zero attached hydrogens (tertiary/aromatic N) is 3. The van der Waals surface area contributed by atoms with Gasteiger partial charge in [0.1, 0.15) is 0 Å². The molecule has 23 heavy (non-hydrogen) atoms. The summed E-state index contributed by atoms with van der Waals surface area (Å²) in [6.45, 7) is 4.37. The van der Waals surface area contributed by atoms with E-state index in [-0.39, 0.29) is 11.5 Å². The van der Waals surface area contributed by atoms with Crippen LogP contribution in [0.4, 0.5) is 0 Å². The minimum atomic E-state index is -0.293. The number of thiophene rings is 1. The van der Waals surface area contributed by atoms with Gasteiger partial charge in [-0.05, 0) is 36.9 Å². The van der Waals surface area contributed by atoms with Gasteiger partial charge in [-0.1, -0.05) is 0 Å². The molecule has 120 valence electrons. The Bertz CT molecular complexity index is 951. The Morgan fingerprint density at radius 3 is 2.83 bits per heavy atom. The Labute approximate surface area is 137 Å². The van der Waals surface area contributed by atoms with Crippen LogP contribution in [0.25, 0.3) is 11.0 Å². The van der Waals surface area contributed by atoms with Gasteiger partial charge in [-0.25, -0.2) is 4.98 Å². The zero-order valence-electron chi connectivity index (χ0n) is 13.5. The zero-order chi connectivity index (χ0) is 16.7. The fourth-order valence-corrected chi connectivity index (χ4v) is 3.57. The number of carbonyl (C=O) groups is 1. The van der Waals surface area contributed by atoms with Crippen molar-refractivity contribution < 1.29 is 4.79 Å². The molecular weight excluding hydrogens is 312 g/mol. The van der Waals surface area contributed by atoms with Gasteiger partial charge in [0.2, 0.25) is 0 Å². The molecule has 3 aromatic rings. The lowest BCUT2D eigenvalue weighted by Crippen LogP contribution is -2.27. The first-order chi connectivity index (χ1) is 10.9. The topological polar surface area (TPSA) is 71.0 Å². The van der Waals surface area contributed by atoms with E-state index in [9.17, 15) is 9.59 Å². The van der Waals surface area contributed by atoms with Crippen LogP contribution in [-0.2, 0) is 13.6 Å². The first-order valence-corrected chi connectivity index (χ1v) is 8.11. The monoisotopic (exact) mass is 330 g/mol. The minimum Gasteiger partial charge on any atom is -0.337 e. The molecule has 0 aromatic carbocycles. The minimum absolute atomic E-state index is 0.176. The van der Waals surface area contributed by atoms with E-state index in [0.717, 1.165) is 4.88 Å². The molecule has 1 N–H and O–H groups in total. The van der Waals surface area contributed by atoms with Crippen molar-refractivity contribution >= 4 is 28.3 Å². The molecule has 0 bridgehead atoms. The summed E-state index contributed by atoms with van der Waals surface area (Å²) >= 11 is 1.63. The molecule has 6 nitrogen and oxygen atoms in total. The highest BCUT2D eigenvalue weighted by Gasteiger charge is 2.21. The van der Waals surface area contributed by atoms with Gasteiger partial charge >= 0.3 is 0 Å². The molecule has 0 saturated carbocycles. The average molecular weight is 330 g/mol. The summed E-state index contributed by atoms with van der Waals surface area (Å²) < 4.78 is 1.55. The van der Waals surface area contributed by atoms with Crippen LogP contribution in [0.3, 0.4) is 0 Å². The first-order valence-electron chi connectivity index (χ1n) is 7.23. The van der Waals surface area contributed by atoms with Gasteiger partial charge in [-0.3, -0.25) is 19.4 Å². The van der Waals surface area contributed by atoms with Crippen molar-refractivity contribution in [3.05, 3.63) is 49.6 Å². The van der Waals surface area contributed by atoms with Crippen molar-refractivity contribution in [2.45, 2.75) is 20.4 Å². The number of hydrogen-bond acceptors (Lipinski definition) is 4. The maximum absolute atomic E-state index is 12.9. The second-order valence-corrected chi connectivity index (χ2v) is 6.70. The van der Waals surface area contributed by atoms with E-state index in [1.54, 1.807) is 41.1 Å². The quantitative estimate of drug-likeness (QED) is 0.800. The smallest absolute Gasteiger partial charge is 0.274 e. The van der Waals surface area contributed by atoms with Crippen LogP contribution >= 0.6 is 11.3 Å². The van der Waals surface area contributed by atoms with Crippen LogP contribution < -0.4 is 5.56 Å². The third-order valence-electron chi connectivity index (χ3n) is 3.87. The number of aryl methyl sites for hydroxylation is 3. The number of rotatable bonds is 3. The van der Waals surface area contributed by atoms with Gasteiger partial charge in [0.15, 0.2) is 5.65 Å². The Kier molecular flexibility index (Phi) is 3.81. The number of pyridine rings is 1. The lowest BCUT2D eigenvalue weighted by Gasteiger charge is -2.17. The molecule has 0 saturated heterocycles. The summed E-state index contributed by atoms with van der Waals surface area (Å²) in [5.74, 6) is -0.176. The number of amides is 1. The lowest BCUT2D eigenvalue weighted by atomic mass is 10.1. The Morgan fingerprint density at radius 2 is 2.17 bits per heavy atom. The number of fused-ring (bicyclic) bond motifs is 1. The molecule has 0 aliphatic heterocycles. The Hall–Kier alpha value is -2.41. The Morgan fingerprint density at radius 1 is 1.43 bits per heavy atom. The molecule has 3 rings (SSSR count). The first kappa shape index (κ1) is 15.5. The standard InChI is InChI=1S/C16H18N4O2S/c1-9-5-6-23-12(9)8-19(3)16(22)11-7-10(2)17-14-13(11)15(21)18-20(14)4/h5-7H,8H2,1-4H3,(H,18,21). The van der Waals surface area contributed by atoms with E-state index in [0.29, 0.717) is 28.8 Å². The van der Waals surface area contributed by atoms with Gasteiger partial charge in [-0.15, -0.1) is 11.3 Å². The molecule has 0 unspecified atom stereocenters. The van der Waals surface area contributed by atoms with Crippen LogP contribution in [0.2, 0.25) is 0 Å². The maximum atomic E-state index is 12.9. The van der Waals surface area contributed by atoms with Crippen LogP contribution in [0, 0.1) is 13.8 Å². The summed E-state index contributed by atoms with van der Waals surface area (Å²) in [5.41, 5.74) is 2.48. The molecule has 3 heterocycles. The van der Waals surface area contributed by atoms with Crippen molar-refractivity contribution in [2.75, 3.05) is 7.05 Å². The van der Waals surface area contributed by atoms with Gasteiger partial charge in [0, 0.05) is 24.7 Å². The molecule has 7 heteroatoms. The molecule has 0 atom stereocenters. The maximum Gasteiger partial charge on any atom is 0.274 e. The van der Waals surface area contributed by atoms with Crippen molar-refractivity contribution in [2.24, 2.45) is 7.05 Å². The number of nitrogens with one attached hydrogen (secondary N) is 1. The van der Waals surface area contributed by atoms with Gasteiger partial charge in [0.05, 0.1) is 17.5 Å². The fraction of sp³-hybridized carbons (Fsp3) is 0.312. The normalized spacial score (nSPS) is 11.1.